The Balaban J connectivity index is 2.51. The molecule has 1 unspecified atom stereocenters. The molecule has 5 nitrogen and oxygen atoms in total. The summed E-state index contributed by atoms with van der Waals surface area (Å²) >= 11 is 0. The number of primary amides is 1. The second-order valence-electron chi connectivity index (χ2n) is 2.76. The van der Waals surface area contributed by atoms with E-state index < -0.39 is 6.09 Å². The van der Waals surface area contributed by atoms with Gasteiger partial charge in [-0.3, -0.25) is 4.79 Å². The Morgan fingerprint density at radius 2 is 2.13 bits per heavy atom. The molecular formula is C9H11N2O3P. The van der Waals surface area contributed by atoms with Crippen molar-refractivity contribution >= 4 is 26.7 Å². The molecule has 0 aromatic heterocycles. The molecule has 1 rings (SSSR count). The Labute approximate surface area is 90.6 Å². The fraction of sp³-hybridized carbons (Fsp3) is 0.111. The highest BCUT2D eigenvalue weighted by molar-refractivity contribution is 7.40. The number of rotatable bonds is 3. The van der Waals surface area contributed by atoms with E-state index in [1.54, 1.807) is 30.0 Å². The number of carbonyl (C=O) groups is 2. The number of benzene rings is 1. The zero-order chi connectivity index (χ0) is 12.0. The lowest BCUT2D eigenvalue weighted by molar-refractivity contribution is 0.150. The van der Waals surface area contributed by atoms with Gasteiger partial charge >= 0.3 is 6.09 Å². The van der Waals surface area contributed by atoms with Gasteiger partial charge in [0.25, 0.3) is 0 Å². The maximum atomic E-state index is 10.7. The number of carbonyl (C=O) groups excluding carboxylic acids is 2. The normalized spacial score (nSPS) is 10.1. The molecule has 0 heterocycles. The van der Waals surface area contributed by atoms with Crippen molar-refractivity contribution in [3.8, 4) is 0 Å². The Morgan fingerprint density at radius 1 is 1.47 bits per heavy atom. The molecule has 0 saturated carbocycles. The number of hydrogen-bond donors (Lipinski definition) is 2. The van der Waals surface area contributed by atoms with E-state index in [1.165, 1.54) is 0 Å². The van der Waals surface area contributed by atoms with Crippen LogP contribution in [0.2, 0.25) is 1.41 Å². The monoisotopic (exact) mass is 227 g/mol. The van der Waals surface area contributed by atoms with Gasteiger partial charge in [0.2, 0.25) is 5.65 Å². The van der Waals surface area contributed by atoms with Gasteiger partial charge in [-0.05, 0) is 26.9 Å². The number of hydrogen-bond acceptors (Lipinski definition) is 3. The van der Waals surface area contributed by atoms with Crippen molar-refractivity contribution in [1.29, 1.82) is 0 Å². The van der Waals surface area contributed by atoms with E-state index in [4.69, 9.17) is 1.41 Å². The SMILES string of the molecule is [2H]NC(=O)OCc1ccc(NC(=O)P)cc1. The molecule has 1 aromatic rings. The molecule has 0 radical (unpaired) electrons. The predicted molar refractivity (Wildman–Crippen MR) is 59.5 cm³/mol. The van der Waals surface area contributed by atoms with E-state index in [2.05, 4.69) is 10.1 Å². The summed E-state index contributed by atoms with van der Waals surface area (Å²) in [6.45, 7) is 0.0831. The first-order valence-corrected chi connectivity index (χ1v) is 4.69. The first-order valence-electron chi connectivity index (χ1n) is 4.61. The van der Waals surface area contributed by atoms with Crippen LogP contribution in [-0.2, 0) is 11.3 Å². The molecule has 6 heteroatoms. The summed E-state index contributed by atoms with van der Waals surface area (Å²) in [6, 6.07) is 6.82. The molecule has 0 saturated heterocycles. The highest BCUT2D eigenvalue weighted by Gasteiger charge is 1.98. The van der Waals surface area contributed by atoms with E-state index >= 15 is 0 Å². The summed E-state index contributed by atoms with van der Waals surface area (Å²) in [6.07, 6.45) is -0.803. The van der Waals surface area contributed by atoms with Gasteiger partial charge in [-0.25, -0.2) is 4.79 Å². The first kappa shape index (κ1) is 9.93. The van der Waals surface area contributed by atoms with Gasteiger partial charge in [-0.1, -0.05) is 12.1 Å². The first-order chi connectivity index (χ1) is 7.61. The number of nitrogens with two attached hydrogens (primary N) is 1. The molecular weight excluding hydrogens is 215 g/mol. The van der Waals surface area contributed by atoms with E-state index in [0.29, 0.717) is 5.69 Å². The van der Waals surface area contributed by atoms with Crippen LogP contribution in [0, 0.1) is 0 Å². The van der Waals surface area contributed by atoms with Crippen LogP contribution in [0.15, 0.2) is 24.3 Å². The predicted octanol–water partition coefficient (Wildman–Crippen LogP) is 1.69. The minimum Gasteiger partial charge on any atom is -0.445 e. The quantitative estimate of drug-likeness (QED) is 0.771. The van der Waals surface area contributed by atoms with Gasteiger partial charge in [0.15, 0.2) is 1.41 Å². The minimum absolute atomic E-state index is 0.0831. The average molecular weight is 227 g/mol. The Hall–Kier alpha value is -1.61. The zero-order valence-corrected chi connectivity index (χ0v) is 8.97. The lowest BCUT2D eigenvalue weighted by atomic mass is 10.2. The molecule has 15 heavy (non-hydrogen) atoms. The van der Waals surface area contributed by atoms with E-state index in [9.17, 15) is 9.59 Å². The molecule has 1 aromatic carbocycles. The van der Waals surface area contributed by atoms with Crippen LogP contribution in [-0.4, -0.2) is 11.7 Å². The topological polar surface area (TPSA) is 81.4 Å². The third-order valence-corrected chi connectivity index (χ3v) is 1.74. The van der Waals surface area contributed by atoms with Crippen molar-refractivity contribution in [2.45, 2.75) is 6.61 Å². The molecule has 0 aliphatic carbocycles. The summed E-state index contributed by atoms with van der Waals surface area (Å²) in [5.41, 5.74) is 2.81. The molecule has 0 aliphatic heterocycles. The average Bonchev–Trinajstić information content (AvgIpc) is 2.27. The minimum atomic E-state index is -0.803. The van der Waals surface area contributed by atoms with Crippen LogP contribution >= 0.6 is 9.24 Å². The van der Waals surface area contributed by atoms with Gasteiger partial charge in [0.1, 0.15) is 6.61 Å². The third kappa shape index (κ3) is 4.42. The highest BCUT2D eigenvalue weighted by atomic mass is 31.0. The lowest BCUT2D eigenvalue weighted by Gasteiger charge is -2.04. The molecule has 3 N–H and O–H groups in total. The van der Waals surface area contributed by atoms with Gasteiger partial charge in [-0.2, -0.15) is 0 Å². The molecule has 0 fully saturated rings. The fourth-order valence-electron chi connectivity index (χ4n) is 0.975. The van der Waals surface area contributed by atoms with Crippen LogP contribution in [0.5, 0.6) is 0 Å². The van der Waals surface area contributed by atoms with Crippen molar-refractivity contribution in [2.75, 3.05) is 5.32 Å². The maximum absolute atomic E-state index is 10.7. The largest absolute Gasteiger partial charge is 0.445 e. The number of ether oxygens (including phenoxy) is 1. The standard InChI is InChI=1S/C9H11N2O3P/c10-8(12)14-5-6-1-3-7(4-2-6)11-9(13)15/h1-4H,5,15H2,(H2,10,12)(H,11,13)/i/hD. The highest BCUT2D eigenvalue weighted by Crippen LogP contribution is 2.11. The lowest BCUT2D eigenvalue weighted by Crippen LogP contribution is -2.12. The van der Waals surface area contributed by atoms with Crippen LogP contribution in [0.25, 0.3) is 0 Å². The fourth-order valence-corrected chi connectivity index (χ4v) is 1.14. The number of anilines is 1. The molecule has 80 valence electrons. The second-order valence-corrected chi connectivity index (χ2v) is 3.29. The van der Waals surface area contributed by atoms with Crippen LogP contribution in [0.4, 0.5) is 15.3 Å². The van der Waals surface area contributed by atoms with E-state index in [0.717, 1.165) is 5.56 Å². The molecule has 2 amide bonds. The second kappa shape index (κ2) is 5.32. The molecule has 1 atom stereocenters. The van der Waals surface area contributed by atoms with Crippen LogP contribution in [0.3, 0.4) is 0 Å². The van der Waals surface area contributed by atoms with Crippen molar-refractivity contribution in [1.82, 2.24) is 0 Å². The Kier molecular flexibility index (Phi) is 3.52. The van der Waals surface area contributed by atoms with Crippen molar-refractivity contribution in [3.05, 3.63) is 29.8 Å². The molecule has 0 spiro atoms. The van der Waals surface area contributed by atoms with E-state index in [1.807, 2.05) is 9.24 Å². The zero-order valence-electron chi connectivity index (χ0n) is 8.82. The van der Waals surface area contributed by atoms with Gasteiger partial charge < -0.3 is 15.8 Å². The van der Waals surface area contributed by atoms with Gasteiger partial charge in [0.05, 0.1) is 0 Å². The number of nitrogens with one attached hydrogen (secondary N) is 1. The number of amides is 2. The van der Waals surface area contributed by atoms with Crippen LogP contribution in [0.1, 0.15) is 5.56 Å². The summed E-state index contributed by atoms with van der Waals surface area (Å²) in [5, 5.41) is 2.58. The smallest absolute Gasteiger partial charge is 0.404 e. The summed E-state index contributed by atoms with van der Waals surface area (Å²) in [5.74, 6) is 0. The maximum Gasteiger partial charge on any atom is 0.404 e. The summed E-state index contributed by atoms with van der Waals surface area (Å²) in [4.78, 5) is 21.3. The molecule has 0 aliphatic rings. The Bertz CT molecular complexity index is 383. The summed E-state index contributed by atoms with van der Waals surface area (Å²) in [7, 11) is 2.01. The van der Waals surface area contributed by atoms with Gasteiger partial charge in [-0.15, -0.1) is 0 Å². The molecule has 0 bridgehead atoms. The Morgan fingerprint density at radius 3 is 2.67 bits per heavy atom. The van der Waals surface area contributed by atoms with Crippen molar-refractivity contribution in [2.24, 2.45) is 5.73 Å². The van der Waals surface area contributed by atoms with E-state index in [-0.39, 0.29) is 12.3 Å². The van der Waals surface area contributed by atoms with Crippen LogP contribution < -0.4 is 11.0 Å². The van der Waals surface area contributed by atoms with Crippen molar-refractivity contribution < 1.29 is 15.7 Å². The summed E-state index contributed by atoms with van der Waals surface area (Å²) < 4.78 is 11.2. The van der Waals surface area contributed by atoms with Crippen molar-refractivity contribution in [3.63, 3.8) is 0 Å². The van der Waals surface area contributed by atoms with Gasteiger partial charge in [0, 0.05) is 5.69 Å². The third-order valence-electron chi connectivity index (χ3n) is 1.59.